The molecule has 1 N–H and O–H groups in total. The maximum absolute atomic E-state index is 10.3. The monoisotopic (exact) mass is 236 g/mol. The number of ether oxygens (including phenoxy) is 1. The van der Waals surface area contributed by atoms with E-state index in [2.05, 4.69) is 32.0 Å². The molecule has 0 heterocycles. The van der Waals surface area contributed by atoms with Gasteiger partial charge in [0.15, 0.2) is 0 Å². The molecule has 0 aliphatic carbocycles. The van der Waals surface area contributed by atoms with Crippen molar-refractivity contribution in [3.05, 3.63) is 35.4 Å². The topological polar surface area (TPSA) is 29.5 Å². The number of aryl methyl sites for hydroxylation is 1. The van der Waals surface area contributed by atoms with Crippen LogP contribution in [0.3, 0.4) is 0 Å². The maximum atomic E-state index is 10.3. The van der Waals surface area contributed by atoms with Gasteiger partial charge in [0.05, 0.1) is 11.7 Å². The predicted octanol–water partition coefficient (Wildman–Crippen LogP) is 3.10. The molecule has 0 saturated carbocycles. The van der Waals surface area contributed by atoms with Crippen molar-refractivity contribution in [2.75, 3.05) is 6.61 Å². The van der Waals surface area contributed by atoms with Crippen LogP contribution in [0, 0.1) is 6.92 Å². The largest absolute Gasteiger partial charge is 0.390 e. The molecule has 0 aliphatic rings. The first-order valence-electron chi connectivity index (χ1n) is 6.39. The summed E-state index contributed by atoms with van der Waals surface area (Å²) in [6, 6.07) is 8.27. The Balaban J connectivity index is 2.73. The molecule has 0 spiro atoms. The summed E-state index contributed by atoms with van der Waals surface area (Å²) in [5.74, 6) is 0. The average Bonchev–Trinajstić information content (AvgIpc) is 2.29. The number of benzene rings is 1. The molecular formula is C15H24O2. The van der Waals surface area contributed by atoms with E-state index in [1.807, 2.05) is 19.9 Å². The van der Waals surface area contributed by atoms with E-state index in [0.717, 1.165) is 12.0 Å². The number of aliphatic hydroxyl groups excluding tert-OH is 1. The summed E-state index contributed by atoms with van der Waals surface area (Å²) in [5.41, 5.74) is 1.94. The molecule has 1 aromatic rings. The summed E-state index contributed by atoms with van der Waals surface area (Å²) < 4.78 is 5.69. The zero-order valence-electron chi connectivity index (χ0n) is 11.4. The van der Waals surface area contributed by atoms with Crippen molar-refractivity contribution in [2.24, 2.45) is 0 Å². The molecule has 2 nitrogen and oxygen atoms in total. The first-order chi connectivity index (χ1) is 8.01. The molecule has 2 unspecified atom stereocenters. The molecule has 0 amide bonds. The van der Waals surface area contributed by atoms with Gasteiger partial charge in [0.1, 0.15) is 0 Å². The standard InChI is InChI=1S/C15H24O2/c1-5-15(4,17-6-2)14(16)11-13-9-7-8-12(3)10-13/h7-10,14,16H,5-6,11H2,1-4H3. The van der Waals surface area contributed by atoms with Gasteiger partial charge in [0, 0.05) is 13.0 Å². The number of hydrogen-bond donors (Lipinski definition) is 1. The van der Waals surface area contributed by atoms with E-state index in [0.29, 0.717) is 13.0 Å². The van der Waals surface area contributed by atoms with E-state index in [-0.39, 0.29) is 0 Å². The van der Waals surface area contributed by atoms with Crippen LogP contribution in [0.4, 0.5) is 0 Å². The van der Waals surface area contributed by atoms with Crippen LogP contribution in [-0.4, -0.2) is 23.4 Å². The van der Waals surface area contributed by atoms with Crippen molar-refractivity contribution in [3.8, 4) is 0 Å². The highest BCUT2D eigenvalue weighted by Crippen LogP contribution is 2.23. The molecule has 2 heteroatoms. The minimum atomic E-state index is -0.464. The van der Waals surface area contributed by atoms with E-state index >= 15 is 0 Å². The fourth-order valence-electron chi connectivity index (χ4n) is 2.04. The van der Waals surface area contributed by atoms with E-state index in [1.165, 1.54) is 5.56 Å². The molecule has 0 radical (unpaired) electrons. The third-order valence-electron chi connectivity index (χ3n) is 3.39. The van der Waals surface area contributed by atoms with Crippen LogP contribution in [0.2, 0.25) is 0 Å². The van der Waals surface area contributed by atoms with E-state index in [9.17, 15) is 5.11 Å². The first-order valence-corrected chi connectivity index (χ1v) is 6.39. The molecule has 96 valence electrons. The van der Waals surface area contributed by atoms with Gasteiger partial charge in [-0.2, -0.15) is 0 Å². The molecule has 0 fully saturated rings. The van der Waals surface area contributed by atoms with Crippen LogP contribution in [0.15, 0.2) is 24.3 Å². The number of hydrogen-bond acceptors (Lipinski definition) is 2. The highest BCUT2D eigenvalue weighted by atomic mass is 16.5. The third-order valence-corrected chi connectivity index (χ3v) is 3.39. The molecule has 0 aliphatic heterocycles. The second-order valence-corrected chi connectivity index (χ2v) is 4.81. The Labute approximate surface area is 105 Å². The Morgan fingerprint density at radius 2 is 2.06 bits per heavy atom. The van der Waals surface area contributed by atoms with E-state index in [1.54, 1.807) is 0 Å². The minimum Gasteiger partial charge on any atom is -0.390 e. The van der Waals surface area contributed by atoms with Gasteiger partial charge < -0.3 is 9.84 Å². The lowest BCUT2D eigenvalue weighted by molar-refractivity contribution is -0.110. The molecule has 2 atom stereocenters. The summed E-state index contributed by atoms with van der Waals surface area (Å²) in [6.07, 6.45) is 0.995. The lowest BCUT2D eigenvalue weighted by Crippen LogP contribution is -2.42. The van der Waals surface area contributed by atoms with E-state index < -0.39 is 11.7 Å². The zero-order chi connectivity index (χ0) is 12.9. The Kier molecular flexibility index (Phi) is 5.16. The Morgan fingerprint density at radius 3 is 2.59 bits per heavy atom. The molecule has 0 bridgehead atoms. The SMILES string of the molecule is CCOC(C)(CC)C(O)Cc1cccc(C)c1. The lowest BCUT2D eigenvalue weighted by Gasteiger charge is -2.33. The average molecular weight is 236 g/mol. The van der Waals surface area contributed by atoms with Gasteiger partial charge in [-0.3, -0.25) is 0 Å². The molecule has 1 rings (SSSR count). The van der Waals surface area contributed by atoms with Crippen molar-refractivity contribution in [3.63, 3.8) is 0 Å². The second kappa shape index (κ2) is 6.18. The van der Waals surface area contributed by atoms with Crippen LogP contribution in [0.1, 0.15) is 38.3 Å². The zero-order valence-corrected chi connectivity index (χ0v) is 11.4. The van der Waals surface area contributed by atoms with Crippen molar-refractivity contribution in [1.82, 2.24) is 0 Å². The van der Waals surface area contributed by atoms with Crippen molar-refractivity contribution >= 4 is 0 Å². The van der Waals surface area contributed by atoms with Crippen molar-refractivity contribution < 1.29 is 9.84 Å². The minimum absolute atomic E-state index is 0.446. The maximum Gasteiger partial charge on any atom is 0.0912 e. The predicted molar refractivity (Wildman–Crippen MR) is 71.2 cm³/mol. The smallest absolute Gasteiger partial charge is 0.0912 e. The first kappa shape index (κ1) is 14.2. The van der Waals surface area contributed by atoms with Gasteiger partial charge in [-0.1, -0.05) is 36.8 Å². The normalized spacial score (nSPS) is 16.5. The van der Waals surface area contributed by atoms with Crippen LogP contribution >= 0.6 is 0 Å². The lowest BCUT2D eigenvalue weighted by atomic mass is 9.90. The van der Waals surface area contributed by atoms with E-state index in [4.69, 9.17) is 4.74 Å². The van der Waals surface area contributed by atoms with Crippen LogP contribution < -0.4 is 0 Å². The Morgan fingerprint density at radius 1 is 1.35 bits per heavy atom. The molecular weight excluding hydrogens is 212 g/mol. The fraction of sp³-hybridized carbons (Fsp3) is 0.600. The molecule has 1 aromatic carbocycles. The second-order valence-electron chi connectivity index (χ2n) is 4.81. The van der Waals surface area contributed by atoms with Crippen LogP contribution in [-0.2, 0) is 11.2 Å². The van der Waals surface area contributed by atoms with Crippen LogP contribution in [0.5, 0.6) is 0 Å². The molecule has 17 heavy (non-hydrogen) atoms. The van der Waals surface area contributed by atoms with Gasteiger partial charge in [-0.25, -0.2) is 0 Å². The van der Waals surface area contributed by atoms with Gasteiger partial charge in [-0.15, -0.1) is 0 Å². The van der Waals surface area contributed by atoms with Gasteiger partial charge >= 0.3 is 0 Å². The van der Waals surface area contributed by atoms with Crippen LogP contribution in [0.25, 0.3) is 0 Å². The summed E-state index contributed by atoms with van der Waals surface area (Å²) in [5, 5.41) is 10.3. The van der Waals surface area contributed by atoms with Crippen molar-refractivity contribution in [2.45, 2.75) is 52.2 Å². The van der Waals surface area contributed by atoms with Crippen molar-refractivity contribution in [1.29, 1.82) is 0 Å². The number of aliphatic hydroxyl groups is 1. The third kappa shape index (κ3) is 3.83. The summed E-state index contributed by atoms with van der Waals surface area (Å²) in [6.45, 7) is 8.70. The van der Waals surface area contributed by atoms with Gasteiger partial charge in [-0.05, 0) is 32.8 Å². The fourth-order valence-corrected chi connectivity index (χ4v) is 2.04. The Hall–Kier alpha value is -0.860. The highest BCUT2D eigenvalue weighted by Gasteiger charge is 2.31. The Bertz CT molecular complexity index is 349. The molecule has 0 saturated heterocycles. The summed E-state index contributed by atoms with van der Waals surface area (Å²) in [4.78, 5) is 0. The summed E-state index contributed by atoms with van der Waals surface area (Å²) >= 11 is 0. The quantitative estimate of drug-likeness (QED) is 0.822. The summed E-state index contributed by atoms with van der Waals surface area (Å²) in [7, 11) is 0. The van der Waals surface area contributed by atoms with Gasteiger partial charge in [0.25, 0.3) is 0 Å². The molecule has 0 aromatic heterocycles. The van der Waals surface area contributed by atoms with Gasteiger partial charge in [0.2, 0.25) is 0 Å². The number of rotatable bonds is 6. The highest BCUT2D eigenvalue weighted by molar-refractivity contribution is 5.23.